The minimum atomic E-state index is -0.310. The molecule has 35 heavy (non-hydrogen) atoms. The van der Waals surface area contributed by atoms with E-state index in [0.717, 1.165) is 12.0 Å². The van der Waals surface area contributed by atoms with Gasteiger partial charge in [0.1, 0.15) is 11.8 Å². The number of amides is 1. The van der Waals surface area contributed by atoms with Gasteiger partial charge in [0.15, 0.2) is 0 Å². The fourth-order valence-corrected chi connectivity index (χ4v) is 4.56. The summed E-state index contributed by atoms with van der Waals surface area (Å²) in [5, 5.41) is 23.0. The van der Waals surface area contributed by atoms with E-state index in [1.807, 2.05) is 32.9 Å². The Labute approximate surface area is 227 Å². The number of nitrogens with one attached hydrogen (secondary N) is 1. The van der Waals surface area contributed by atoms with Gasteiger partial charge in [0.05, 0.1) is 31.3 Å². The number of phenols is 1. The Morgan fingerprint density at radius 1 is 1.03 bits per heavy atom. The van der Waals surface area contributed by atoms with Crippen molar-refractivity contribution >= 4 is 63.7 Å². The first-order valence-corrected chi connectivity index (χ1v) is 12.7. The predicted molar refractivity (Wildman–Crippen MR) is 148 cm³/mol. The summed E-state index contributed by atoms with van der Waals surface area (Å²) in [5.74, 6) is 0.141. The molecule has 0 aliphatic heterocycles. The second kappa shape index (κ2) is 11.5. The molecule has 2 aromatic carbocycles. The van der Waals surface area contributed by atoms with Crippen LogP contribution in [0.25, 0.3) is 0 Å². The quantitative estimate of drug-likeness (QED) is 0.334. The lowest BCUT2D eigenvalue weighted by atomic mass is 9.86. The molecule has 9 heteroatoms. The molecule has 2 rings (SSSR count). The molecule has 0 unspecified atom stereocenters. The number of carbonyl (C=O) groups excluding carboxylic acids is 1. The molecule has 1 amide bonds. The summed E-state index contributed by atoms with van der Waals surface area (Å²) in [6.07, 6.45) is 1.09. The first kappa shape index (κ1) is 29.4. The van der Waals surface area contributed by atoms with Crippen LogP contribution < -0.4 is 10.2 Å². The van der Waals surface area contributed by atoms with Crippen molar-refractivity contribution < 1.29 is 9.90 Å². The van der Waals surface area contributed by atoms with Gasteiger partial charge in [0.25, 0.3) is 0 Å². The molecule has 2 N–H and O–H groups in total. The van der Waals surface area contributed by atoms with Crippen LogP contribution >= 0.6 is 46.4 Å². The van der Waals surface area contributed by atoms with E-state index < -0.39 is 0 Å². The molecule has 0 aromatic heterocycles. The van der Waals surface area contributed by atoms with Gasteiger partial charge in [-0.15, -0.1) is 0 Å². The van der Waals surface area contributed by atoms with Crippen LogP contribution in [-0.2, 0) is 10.2 Å². The van der Waals surface area contributed by atoms with Crippen LogP contribution in [0.15, 0.2) is 18.2 Å². The molecule has 0 saturated carbocycles. The standard InChI is InChI=1S/C26H31Cl4N3O2/c1-25(2,3)10-9-19(35)33(15-7-8-18(34)17(13-15)26(4,5)6)12-11-32-24-22(29)20(27)16(14-31)21(28)23(24)30/h7-8,13,32,34H,9-12H2,1-6H3. The van der Waals surface area contributed by atoms with Crippen molar-refractivity contribution in [3.8, 4) is 11.8 Å². The summed E-state index contributed by atoms with van der Waals surface area (Å²) < 4.78 is 0. The number of nitriles is 1. The van der Waals surface area contributed by atoms with Crippen molar-refractivity contribution in [1.82, 2.24) is 0 Å². The fourth-order valence-electron chi connectivity index (χ4n) is 3.49. The fraction of sp³-hybridized carbons (Fsp3) is 0.462. The Balaban J connectivity index is 2.37. The largest absolute Gasteiger partial charge is 0.508 e. The lowest BCUT2D eigenvalue weighted by molar-refractivity contribution is -0.119. The number of carbonyl (C=O) groups is 1. The van der Waals surface area contributed by atoms with Crippen molar-refractivity contribution in [3.05, 3.63) is 49.4 Å². The van der Waals surface area contributed by atoms with Gasteiger partial charge in [-0.1, -0.05) is 87.9 Å². The average Bonchev–Trinajstić information content (AvgIpc) is 2.75. The molecule has 0 heterocycles. The number of hydrogen-bond donors (Lipinski definition) is 2. The van der Waals surface area contributed by atoms with Crippen molar-refractivity contribution in [2.24, 2.45) is 5.41 Å². The van der Waals surface area contributed by atoms with Crippen LogP contribution in [0.5, 0.6) is 5.75 Å². The topological polar surface area (TPSA) is 76.4 Å². The van der Waals surface area contributed by atoms with Crippen molar-refractivity contribution in [3.63, 3.8) is 0 Å². The zero-order chi connectivity index (χ0) is 26.7. The molecule has 0 atom stereocenters. The highest BCUT2D eigenvalue weighted by molar-refractivity contribution is 6.51. The van der Waals surface area contributed by atoms with Gasteiger partial charge in [-0.25, -0.2) is 0 Å². The highest BCUT2D eigenvalue weighted by Gasteiger charge is 2.24. The predicted octanol–water partition coefficient (Wildman–Crippen LogP) is 8.45. The number of phenolic OH excluding ortho intramolecular Hbond substituents is 1. The molecule has 0 spiro atoms. The maximum atomic E-state index is 13.3. The second-order valence-electron chi connectivity index (χ2n) is 10.6. The van der Waals surface area contributed by atoms with E-state index >= 15 is 0 Å². The Hall–Kier alpha value is -1.84. The van der Waals surface area contributed by atoms with E-state index in [9.17, 15) is 15.2 Å². The molecule has 0 saturated heterocycles. The van der Waals surface area contributed by atoms with Gasteiger partial charge in [-0.2, -0.15) is 5.26 Å². The first-order valence-electron chi connectivity index (χ1n) is 11.2. The number of benzene rings is 2. The third-order valence-electron chi connectivity index (χ3n) is 5.50. The van der Waals surface area contributed by atoms with Crippen LogP contribution in [0.3, 0.4) is 0 Å². The van der Waals surface area contributed by atoms with E-state index in [1.165, 1.54) is 0 Å². The Kier molecular flexibility index (Phi) is 9.64. The summed E-state index contributed by atoms with van der Waals surface area (Å²) in [6, 6.07) is 7.09. The third kappa shape index (κ3) is 7.33. The maximum absolute atomic E-state index is 13.3. The van der Waals surface area contributed by atoms with E-state index in [1.54, 1.807) is 17.0 Å². The number of aromatic hydroxyl groups is 1. The molecule has 0 fully saturated rings. The maximum Gasteiger partial charge on any atom is 0.227 e. The van der Waals surface area contributed by atoms with Crippen LogP contribution in [0.4, 0.5) is 11.4 Å². The minimum Gasteiger partial charge on any atom is -0.508 e. The molecular weight excluding hydrogens is 528 g/mol. The lowest BCUT2D eigenvalue weighted by Gasteiger charge is -2.28. The molecular formula is C26H31Cl4N3O2. The molecule has 0 aliphatic rings. The van der Waals surface area contributed by atoms with Gasteiger partial charge < -0.3 is 15.3 Å². The third-order valence-corrected chi connectivity index (χ3v) is 7.21. The molecule has 190 valence electrons. The SMILES string of the molecule is CC(C)(C)CCC(=O)N(CCNc1c(Cl)c(Cl)c(C#N)c(Cl)c1Cl)c1ccc(O)c(C(C)(C)C)c1. The Morgan fingerprint density at radius 2 is 1.60 bits per heavy atom. The van der Waals surface area contributed by atoms with E-state index in [4.69, 9.17) is 46.4 Å². The second-order valence-corrected chi connectivity index (χ2v) is 12.1. The van der Waals surface area contributed by atoms with Gasteiger partial charge in [0, 0.05) is 30.8 Å². The number of rotatable bonds is 7. The van der Waals surface area contributed by atoms with Gasteiger partial charge in [-0.05, 0) is 35.4 Å². The highest BCUT2D eigenvalue weighted by Crippen LogP contribution is 2.44. The highest BCUT2D eigenvalue weighted by atomic mass is 35.5. The smallest absolute Gasteiger partial charge is 0.227 e. The first-order chi connectivity index (χ1) is 16.1. The van der Waals surface area contributed by atoms with Crippen LogP contribution in [0, 0.1) is 16.7 Å². The summed E-state index contributed by atoms with van der Waals surface area (Å²) in [4.78, 5) is 15.0. The van der Waals surface area contributed by atoms with Gasteiger partial charge >= 0.3 is 0 Å². The van der Waals surface area contributed by atoms with Crippen LogP contribution in [-0.4, -0.2) is 24.1 Å². The van der Waals surface area contributed by atoms with Crippen LogP contribution in [0.1, 0.15) is 65.5 Å². The Bertz CT molecular complexity index is 1120. The number of halogens is 4. The summed E-state index contributed by atoms with van der Waals surface area (Å²) in [7, 11) is 0. The normalized spacial score (nSPS) is 11.8. The van der Waals surface area contributed by atoms with E-state index in [-0.39, 0.29) is 54.7 Å². The molecule has 0 aliphatic carbocycles. The zero-order valence-corrected chi connectivity index (χ0v) is 23.8. The van der Waals surface area contributed by atoms with E-state index in [2.05, 4.69) is 26.1 Å². The van der Waals surface area contributed by atoms with Gasteiger partial charge in [0.2, 0.25) is 5.91 Å². The Morgan fingerprint density at radius 3 is 2.09 bits per heavy atom. The summed E-state index contributed by atoms with van der Waals surface area (Å²) in [6.45, 7) is 12.8. The number of nitrogens with zero attached hydrogens (tertiary/aromatic N) is 2. The number of hydrogen-bond acceptors (Lipinski definition) is 4. The number of anilines is 2. The van der Waals surface area contributed by atoms with Crippen molar-refractivity contribution in [2.45, 2.75) is 59.8 Å². The van der Waals surface area contributed by atoms with Crippen molar-refractivity contribution in [2.75, 3.05) is 23.3 Å². The zero-order valence-electron chi connectivity index (χ0n) is 20.8. The summed E-state index contributed by atoms with van der Waals surface area (Å²) >= 11 is 25.1. The lowest BCUT2D eigenvalue weighted by Crippen LogP contribution is -2.36. The van der Waals surface area contributed by atoms with E-state index in [0.29, 0.717) is 24.3 Å². The molecule has 0 radical (unpaired) electrons. The molecule has 2 aromatic rings. The molecule has 0 bridgehead atoms. The molecule has 5 nitrogen and oxygen atoms in total. The van der Waals surface area contributed by atoms with Crippen LogP contribution in [0.2, 0.25) is 20.1 Å². The van der Waals surface area contributed by atoms with Gasteiger partial charge in [-0.3, -0.25) is 4.79 Å². The minimum absolute atomic E-state index is 0.00213. The van der Waals surface area contributed by atoms with Crippen molar-refractivity contribution in [1.29, 1.82) is 5.26 Å². The average molecular weight is 559 g/mol. The monoisotopic (exact) mass is 557 g/mol. The summed E-state index contributed by atoms with van der Waals surface area (Å²) in [5.41, 5.74) is 1.42.